The Balaban J connectivity index is 2.89. The van der Waals surface area contributed by atoms with Gasteiger partial charge in [0.1, 0.15) is 0 Å². The van der Waals surface area contributed by atoms with E-state index < -0.39 is 23.6 Å². The number of hydrogen-bond acceptors (Lipinski definition) is 2. The average molecular weight is 301 g/mol. The highest BCUT2D eigenvalue weighted by molar-refractivity contribution is 6.01. The standard InChI is InChI=1S/C14H14F3NO3/c1-8(9(2)13(20)21)12(19)18-7-10-5-3-4-6-11(10)14(15,16)17/h3-6H,7H2,1-2H3,(H,18,19)(H,20,21). The molecule has 1 amide bonds. The van der Waals surface area contributed by atoms with Crippen molar-refractivity contribution in [3.63, 3.8) is 0 Å². The van der Waals surface area contributed by atoms with E-state index in [1.807, 2.05) is 0 Å². The minimum Gasteiger partial charge on any atom is -0.478 e. The lowest BCUT2D eigenvalue weighted by atomic mass is 10.1. The number of halogens is 3. The van der Waals surface area contributed by atoms with Crippen LogP contribution < -0.4 is 5.32 Å². The minimum absolute atomic E-state index is 0.0491. The van der Waals surface area contributed by atoms with Crippen LogP contribution in [0.15, 0.2) is 35.4 Å². The summed E-state index contributed by atoms with van der Waals surface area (Å²) < 4.78 is 38.3. The Bertz CT molecular complexity index is 591. The Morgan fingerprint density at radius 3 is 2.24 bits per heavy atom. The van der Waals surface area contributed by atoms with E-state index in [-0.39, 0.29) is 23.3 Å². The third-order valence-corrected chi connectivity index (χ3v) is 2.99. The quantitative estimate of drug-likeness (QED) is 0.840. The van der Waals surface area contributed by atoms with Crippen LogP contribution in [0.4, 0.5) is 13.2 Å². The largest absolute Gasteiger partial charge is 0.478 e. The van der Waals surface area contributed by atoms with Gasteiger partial charge in [0.25, 0.3) is 0 Å². The maximum Gasteiger partial charge on any atom is 0.416 e. The molecule has 0 aromatic heterocycles. The van der Waals surface area contributed by atoms with Crippen LogP contribution in [0, 0.1) is 0 Å². The number of rotatable bonds is 4. The minimum atomic E-state index is -4.51. The van der Waals surface area contributed by atoms with E-state index in [0.717, 1.165) is 6.07 Å². The molecule has 0 aliphatic heterocycles. The van der Waals surface area contributed by atoms with Crippen molar-refractivity contribution in [2.45, 2.75) is 26.6 Å². The summed E-state index contributed by atoms with van der Waals surface area (Å²) in [6.45, 7) is 2.22. The van der Waals surface area contributed by atoms with Crippen molar-refractivity contribution < 1.29 is 27.9 Å². The van der Waals surface area contributed by atoms with Gasteiger partial charge in [0, 0.05) is 17.7 Å². The van der Waals surface area contributed by atoms with Crippen LogP contribution in [-0.2, 0) is 22.3 Å². The number of carbonyl (C=O) groups excluding carboxylic acids is 1. The fourth-order valence-electron chi connectivity index (χ4n) is 1.59. The molecule has 7 heteroatoms. The van der Waals surface area contributed by atoms with Crippen molar-refractivity contribution in [1.82, 2.24) is 5.32 Å². The predicted molar refractivity (Wildman–Crippen MR) is 69.3 cm³/mol. The molecule has 1 aromatic carbocycles. The number of benzene rings is 1. The number of carboxylic acid groups (broad SMARTS) is 1. The highest BCUT2D eigenvalue weighted by Crippen LogP contribution is 2.31. The molecule has 0 saturated heterocycles. The van der Waals surface area contributed by atoms with Gasteiger partial charge in [0.15, 0.2) is 0 Å². The first-order valence-corrected chi connectivity index (χ1v) is 5.98. The zero-order valence-electron chi connectivity index (χ0n) is 11.4. The fraction of sp³-hybridized carbons (Fsp3) is 0.286. The summed E-state index contributed by atoms with van der Waals surface area (Å²) in [6, 6.07) is 4.87. The van der Waals surface area contributed by atoms with Crippen LogP contribution in [0.1, 0.15) is 25.0 Å². The van der Waals surface area contributed by atoms with Gasteiger partial charge in [-0.25, -0.2) is 4.79 Å². The van der Waals surface area contributed by atoms with Gasteiger partial charge in [-0.15, -0.1) is 0 Å². The van der Waals surface area contributed by atoms with Crippen molar-refractivity contribution >= 4 is 11.9 Å². The van der Waals surface area contributed by atoms with Gasteiger partial charge in [-0.1, -0.05) is 18.2 Å². The summed E-state index contributed by atoms with van der Waals surface area (Å²) in [7, 11) is 0. The SMILES string of the molecule is CC(C(=O)O)=C(C)C(=O)NCc1ccccc1C(F)(F)F. The van der Waals surface area contributed by atoms with Crippen LogP contribution in [0.5, 0.6) is 0 Å². The average Bonchev–Trinajstić information content (AvgIpc) is 2.42. The third-order valence-electron chi connectivity index (χ3n) is 2.99. The van der Waals surface area contributed by atoms with Crippen LogP contribution in [-0.4, -0.2) is 17.0 Å². The van der Waals surface area contributed by atoms with Crippen LogP contribution in [0.2, 0.25) is 0 Å². The van der Waals surface area contributed by atoms with Crippen molar-refractivity contribution in [2.75, 3.05) is 0 Å². The van der Waals surface area contributed by atoms with Crippen LogP contribution >= 0.6 is 0 Å². The molecule has 0 spiro atoms. The van der Waals surface area contributed by atoms with Crippen molar-refractivity contribution in [2.24, 2.45) is 0 Å². The molecule has 0 unspecified atom stereocenters. The molecule has 21 heavy (non-hydrogen) atoms. The second-order valence-corrected chi connectivity index (χ2v) is 4.39. The molecule has 1 aromatic rings. The summed E-state index contributed by atoms with van der Waals surface area (Å²) in [6.07, 6.45) is -4.51. The number of amides is 1. The summed E-state index contributed by atoms with van der Waals surface area (Å²) in [5.41, 5.74) is -1.12. The van der Waals surface area contributed by atoms with Crippen LogP contribution in [0.3, 0.4) is 0 Å². The first-order chi connectivity index (χ1) is 9.64. The summed E-state index contributed by atoms with van der Waals surface area (Å²) in [5.74, 6) is -1.97. The Kier molecular flexibility index (Phi) is 5.12. The van der Waals surface area contributed by atoms with E-state index in [1.165, 1.54) is 32.0 Å². The monoisotopic (exact) mass is 301 g/mol. The zero-order valence-corrected chi connectivity index (χ0v) is 11.4. The van der Waals surface area contributed by atoms with E-state index in [4.69, 9.17) is 5.11 Å². The normalized spacial score (nSPS) is 12.6. The number of nitrogens with one attached hydrogen (secondary N) is 1. The molecule has 2 N–H and O–H groups in total. The van der Waals surface area contributed by atoms with Gasteiger partial charge in [0.2, 0.25) is 5.91 Å². The lowest BCUT2D eigenvalue weighted by Gasteiger charge is -2.13. The summed E-state index contributed by atoms with van der Waals surface area (Å²) >= 11 is 0. The van der Waals surface area contributed by atoms with E-state index in [1.54, 1.807) is 0 Å². The molecule has 114 valence electrons. The molecular weight excluding hydrogens is 287 g/mol. The maximum atomic E-state index is 12.8. The Morgan fingerprint density at radius 1 is 1.14 bits per heavy atom. The third kappa shape index (κ3) is 4.34. The fourth-order valence-corrected chi connectivity index (χ4v) is 1.59. The zero-order chi connectivity index (χ0) is 16.2. The number of alkyl halides is 3. The molecular formula is C14H14F3NO3. The maximum absolute atomic E-state index is 12.8. The smallest absolute Gasteiger partial charge is 0.416 e. The van der Waals surface area contributed by atoms with Gasteiger partial charge in [0.05, 0.1) is 5.56 Å². The van der Waals surface area contributed by atoms with Gasteiger partial charge in [-0.05, 0) is 25.5 Å². The predicted octanol–water partition coefficient (Wildman–Crippen LogP) is 2.74. The molecule has 0 aliphatic rings. The van der Waals surface area contributed by atoms with Crippen LogP contribution in [0.25, 0.3) is 0 Å². The number of carboxylic acids is 1. The van der Waals surface area contributed by atoms with Gasteiger partial charge in [-0.3, -0.25) is 4.79 Å². The van der Waals surface area contributed by atoms with Crippen molar-refractivity contribution in [1.29, 1.82) is 0 Å². The van der Waals surface area contributed by atoms with Gasteiger partial charge >= 0.3 is 12.1 Å². The molecule has 0 heterocycles. The molecule has 0 aliphatic carbocycles. The molecule has 0 atom stereocenters. The molecule has 0 fully saturated rings. The van der Waals surface area contributed by atoms with Crippen molar-refractivity contribution in [3.8, 4) is 0 Å². The van der Waals surface area contributed by atoms with Crippen molar-refractivity contribution in [3.05, 3.63) is 46.5 Å². The highest BCUT2D eigenvalue weighted by atomic mass is 19.4. The lowest BCUT2D eigenvalue weighted by molar-refractivity contribution is -0.138. The molecule has 4 nitrogen and oxygen atoms in total. The first-order valence-electron chi connectivity index (χ1n) is 5.98. The molecule has 0 radical (unpaired) electrons. The molecule has 1 rings (SSSR count). The van der Waals surface area contributed by atoms with E-state index >= 15 is 0 Å². The highest BCUT2D eigenvalue weighted by Gasteiger charge is 2.32. The summed E-state index contributed by atoms with van der Waals surface area (Å²) in [5, 5.41) is 11.0. The Hall–Kier alpha value is -2.31. The first kappa shape index (κ1) is 16.7. The van der Waals surface area contributed by atoms with E-state index in [9.17, 15) is 22.8 Å². The molecule has 0 saturated carbocycles. The number of hydrogen-bond donors (Lipinski definition) is 2. The Morgan fingerprint density at radius 2 is 1.71 bits per heavy atom. The lowest BCUT2D eigenvalue weighted by Crippen LogP contribution is -2.26. The van der Waals surface area contributed by atoms with Gasteiger partial charge < -0.3 is 10.4 Å². The van der Waals surface area contributed by atoms with Gasteiger partial charge in [-0.2, -0.15) is 13.2 Å². The second-order valence-electron chi connectivity index (χ2n) is 4.39. The second kappa shape index (κ2) is 6.43. The van der Waals surface area contributed by atoms with E-state index in [0.29, 0.717) is 0 Å². The number of carbonyl (C=O) groups is 2. The molecule has 0 bridgehead atoms. The summed E-state index contributed by atoms with van der Waals surface area (Å²) in [4.78, 5) is 22.4. The van der Waals surface area contributed by atoms with E-state index in [2.05, 4.69) is 5.32 Å². The Labute approximate surface area is 119 Å². The topological polar surface area (TPSA) is 66.4 Å². The number of aliphatic carboxylic acids is 1.